The highest BCUT2D eigenvalue weighted by Gasteiger charge is 2.39. The summed E-state index contributed by atoms with van der Waals surface area (Å²) in [6.45, 7) is 4.89. The van der Waals surface area contributed by atoms with Crippen molar-refractivity contribution in [2.75, 3.05) is 12.3 Å². The number of allylic oxidation sites excluding steroid dienone is 2. The van der Waals surface area contributed by atoms with Gasteiger partial charge in [-0.25, -0.2) is 0 Å². The van der Waals surface area contributed by atoms with E-state index < -0.39 is 15.8 Å². The molecule has 0 saturated carbocycles. The molecule has 0 atom stereocenters. The highest BCUT2D eigenvalue weighted by molar-refractivity contribution is 7.73. The predicted octanol–water partition coefficient (Wildman–Crippen LogP) is 6.98. The van der Waals surface area contributed by atoms with Crippen LogP contribution in [0.15, 0.2) is 132 Å². The Kier molecular flexibility index (Phi) is 7.10. The standard InChI is InChI=1S/C32H32P2/c1-32(2)23-26(24-33(27-15-7-3-8-16-27)28-17-9-4-10-18-28)31(32)25-34(29-19-11-5-12-20-29)30-21-13-6-14-22-30/h3-22H,23-25H2,1-2H3. The lowest BCUT2D eigenvalue weighted by Crippen LogP contribution is -2.33. The highest BCUT2D eigenvalue weighted by Crippen LogP contribution is 2.54. The average Bonchev–Trinajstić information content (AvgIpc) is 2.89. The van der Waals surface area contributed by atoms with Gasteiger partial charge in [-0.05, 0) is 61.2 Å². The van der Waals surface area contributed by atoms with Crippen LogP contribution in [0.5, 0.6) is 0 Å². The molecule has 1 aliphatic carbocycles. The van der Waals surface area contributed by atoms with Crippen molar-refractivity contribution in [1.29, 1.82) is 0 Å². The van der Waals surface area contributed by atoms with Gasteiger partial charge in [0.05, 0.1) is 0 Å². The van der Waals surface area contributed by atoms with E-state index in [1.807, 2.05) is 0 Å². The molecule has 0 heterocycles. The van der Waals surface area contributed by atoms with Crippen LogP contribution in [0.4, 0.5) is 0 Å². The van der Waals surface area contributed by atoms with Crippen molar-refractivity contribution in [3.05, 3.63) is 132 Å². The van der Waals surface area contributed by atoms with Gasteiger partial charge in [0.25, 0.3) is 0 Å². The van der Waals surface area contributed by atoms with E-state index in [0.717, 1.165) is 0 Å². The van der Waals surface area contributed by atoms with Crippen molar-refractivity contribution >= 4 is 37.1 Å². The number of benzene rings is 4. The Hall–Kier alpha value is -2.52. The van der Waals surface area contributed by atoms with Crippen molar-refractivity contribution in [2.24, 2.45) is 5.41 Å². The Morgan fingerprint density at radius 2 is 0.824 bits per heavy atom. The van der Waals surface area contributed by atoms with Crippen molar-refractivity contribution in [2.45, 2.75) is 20.3 Å². The summed E-state index contributed by atoms with van der Waals surface area (Å²) >= 11 is 0. The Balaban J connectivity index is 1.51. The zero-order chi connectivity index (χ0) is 23.4. The van der Waals surface area contributed by atoms with Crippen molar-refractivity contribution in [3.63, 3.8) is 0 Å². The first-order valence-corrected chi connectivity index (χ1v) is 15.1. The molecule has 4 aromatic carbocycles. The molecule has 1 aliphatic rings. The lowest BCUT2D eigenvalue weighted by atomic mass is 9.67. The van der Waals surface area contributed by atoms with E-state index in [1.165, 1.54) is 40.0 Å². The lowest BCUT2D eigenvalue weighted by molar-refractivity contribution is 0.381. The molecule has 0 spiro atoms. The monoisotopic (exact) mass is 478 g/mol. The van der Waals surface area contributed by atoms with Crippen LogP contribution in [0.2, 0.25) is 0 Å². The topological polar surface area (TPSA) is 0 Å². The largest absolute Gasteiger partial charge is 0.0643 e. The van der Waals surface area contributed by atoms with Gasteiger partial charge < -0.3 is 0 Å². The minimum atomic E-state index is -0.414. The predicted molar refractivity (Wildman–Crippen MR) is 153 cm³/mol. The van der Waals surface area contributed by atoms with E-state index in [1.54, 1.807) is 11.1 Å². The van der Waals surface area contributed by atoms with Gasteiger partial charge in [0, 0.05) is 0 Å². The first kappa shape index (κ1) is 23.2. The SMILES string of the molecule is CC1(C)CC(CP(c2ccccc2)c2ccccc2)=C1CP(c1ccccc1)c1ccccc1. The summed E-state index contributed by atoms with van der Waals surface area (Å²) in [7, 11) is -0.811. The van der Waals surface area contributed by atoms with Crippen LogP contribution in [-0.2, 0) is 0 Å². The van der Waals surface area contributed by atoms with Crippen molar-refractivity contribution in [3.8, 4) is 0 Å². The molecule has 0 fully saturated rings. The second kappa shape index (κ2) is 10.4. The Bertz CT molecular complexity index is 1150. The quantitative estimate of drug-likeness (QED) is 0.189. The maximum absolute atomic E-state index is 2.45. The number of hydrogen-bond acceptors (Lipinski definition) is 0. The molecule has 5 rings (SSSR count). The van der Waals surface area contributed by atoms with Crippen LogP contribution in [0.3, 0.4) is 0 Å². The van der Waals surface area contributed by atoms with Gasteiger partial charge in [0.2, 0.25) is 0 Å². The summed E-state index contributed by atoms with van der Waals surface area (Å²) in [5.74, 6) is 0. The molecule has 170 valence electrons. The summed E-state index contributed by atoms with van der Waals surface area (Å²) in [6, 6.07) is 44.7. The molecule has 0 nitrogen and oxygen atoms in total. The second-order valence-corrected chi connectivity index (χ2v) is 14.1. The fraction of sp³-hybridized carbons (Fsp3) is 0.188. The molecule has 0 radical (unpaired) electrons. The third kappa shape index (κ3) is 5.10. The molecule has 4 aromatic rings. The van der Waals surface area contributed by atoms with Gasteiger partial charge in [0.15, 0.2) is 0 Å². The first-order valence-electron chi connectivity index (χ1n) is 12.1. The Morgan fingerprint density at radius 3 is 1.15 bits per heavy atom. The van der Waals surface area contributed by atoms with Crippen LogP contribution >= 0.6 is 15.8 Å². The molecule has 0 unspecified atom stereocenters. The van der Waals surface area contributed by atoms with E-state index in [0.29, 0.717) is 0 Å². The van der Waals surface area contributed by atoms with Crippen LogP contribution < -0.4 is 21.2 Å². The molecule has 0 aliphatic heterocycles. The van der Waals surface area contributed by atoms with Crippen molar-refractivity contribution < 1.29 is 0 Å². The zero-order valence-corrected chi connectivity index (χ0v) is 21.9. The molecular formula is C32H32P2. The number of rotatable bonds is 8. The third-order valence-corrected chi connectivity index (χ3v) is 11.9. The summed E-state index contributed by atoms with van der Waals surface area (Å²) in [5.41, 5.74) is 3.68. The molecule has 34 heavy (non-hydrogen) atoms. The summed E-state index contributed by atoms with van der Waals surface area (Å²) in [6.07, 6.45) is 3.56. The fourth-order valence-electron chi connectivity index (χ4n) is 5.04. The highest BCUT2D eigenvalue weighted by atomic mass is 31.1. The van der Waals surface area contributed by atoms with Gasteiger partial charge in [-0.1, -0.05) is 146 Å². The fourth-order valence-corrected chi connectivity index (χ4v) is 10.1. The normalized spacial score (nSPS) is 14.9. The van der Waals surface area contributed by atoms with E-state index in [4.69, 9.17) is 0 Å². The lowest BCUT2D eigenvalue weighted by Gasteiger charge is -2.44. The van der Waals surface area contributed by atoms with Gasteiger partial charge >= 0.3 is 0 Å². The average molecular weight is 479 g/mol. The molecule has 2 heteroatoms. The maximum atomic E-state index is 2.45. The van der Waals surface area contributed by atoms with Crippen LogP contribution in [0.1, 0.15) is 20.3 Å². The van der Waals surface area contributed by atoms with Crippen LogP contribution in [0.25, 0.3) is 0 Å². The molecule has 0 saturated heterocycles. The third-order valence-electron chi connectivity index (χ3n) is 6.84. The van der Waals surface area contributed by atoms with Crippen LogP contribution in [-0.4, -0.2) is 12.3 Å². The summed E-state index contributed by atoms with van der Waals surface area (Å²) < 4.78 is 0. The minimum Gasteiger partial charge on any atom is -0.0643 e. The number of hydrogen-bond donors (Lipinski definition) is 0. The molecular weight excluding hydrogens is 446 g/mol. The van der Waals surface area contributed by atoms with Crippen molar-refractivity contribution in [1.82, 2.24) is 0 Å². The zero-order valence-electron chi connectivity index (χ0n) is 20.1. The summed E-state index contributed by atoms with van der Waals surface area (Å²) in [5, 5.41) is 5.92. The van der Waals surface area contributed by atoms with E-state index in [2.05, 4.69) is 135 Å². The second-order valence-electron chi connectivity index (χ2n) is 9.66. The molecule has 0 amide bonds. The molecule has 0 aromatic heterocycles. The van der Waals surface area contributed by atoms with Gasteiger partial charge in [0.1, 0.15) is 0 Å². The van der Waals surface area contributed by atoms with Gasteiger partial charge in [-0.15, -0.1) is 0 Å². The minimum absolute atomic E-state index is 0.286. The maximum Gasteiger partial charge on any atom is -0.00256 e. The van der Waals surface area contributed by atoms with E-state index >= 15 is 0 Å². The Labute approximate surface area is 207 Å². The Morgan fingerprint density at radius 1 is 0.500 bits per heavy atom. The van der Waals surface area contributed by atoms with E-state index in [-0.39, 0.29) is 5.41 Å². The summed E-state index contributed by atoms with van der Waals surface area (Å²) in [4.78, 5) is 0. The van der Waals surface area contributed by atoms with E-state index in [9.17, 15) is 0 Å². The molecule has 0 N–H and O–H groups in total. The van der Waals surface area contributed by atoms with Crippen LogP contribution in [0, 0.1) is 5.41 Å². The molecule has 0 bridgehead atoms. The smallest absolute Gasteiger partial charge is 0.00256 e. The van der Waals surface area contributed by atoms with Gasteiger partial charge in [-0.2, -0.15) is 0 Å². The van der Waals surface area contributed by atoms with Gasteiger partial charge in [-0.3, -0.25) is 0 Å². The first-order chi connectivity index (χ1) is 16.6.